The van der Waals surface area contributed by atoms with E-state index < -0.39 is 11.5 Å². The Labute approximate surface area is 122 Å². The van der Waals surface area contributed by atoms with Gasteiger partial charge in [-0.05, 0) is 64.6 Å². The second-order valence-corrected chi connectivity index (χ2v) is 6.73. The second kappa shape index (κ2) is 6.90. The van der Waals surface area contributed by atoms with Crippen LogP contribution >= 0.6 is 0 Å². The minimum absolute atomic E-state index is 0.296. The molecule has 0 amide bonds. The van der Waals surface area contributed by atoms with Gasteiger partial charge in [0.25, 0.3) is 0 Å². The first-order valence-electron chi connectivity index (χ1n) is 8.28. The molecule has 0 aliphatic heterocycles. The van der Waals surface area contributed by atoms with Crippen LogP contribution in [0.3, 0.4) is 0 Å². The molecule has 2 unspecified atom stereocenters. The van der Waals surface area contributed by atoms with Crippen LogP contribution in [-0.2, 0) is 4.79 Å². The Hall–Kier alpha value is -0.610. The summed E-state index contributed by atoms with van der Waals surface area (Å²) in [4.78, 5) is 14.2. The predicted octanol–water partition coefficient (Wildman–Crippen LogP) is 2.48. The van der Waals surface area contributed by atoms with Crippen molar-refractivity contribution in [1.82, 2.24) is 10.2 Å². The fourth-order valence-corrected chi connectivity index (χ4v) is 3.51. The first-order chi connectivity index (χ1) is 9.58. The van der Waals surface area contributed by atoms with E-state index in [0.717, 1.165) is 51.6 Å². The molecule has 2 N–H and O–H groups in total. The van der Waals surface area contributed by atoms with E-state index in [9.17, 15) is 9.90 Å². The fourth-order valence-electron chi connectivity index (χ4n) is 3.51. The quantitative estimate of drug-likeness (QED) is 0.682. The van der Waals surface area contributed by atoms with Gasteiger partial charge in [0.15, 0.2) is 0 Å². The highest BCUT2D eigenvalue weighted by Crippen LogP contribution is 2.40. The predicted molar refractivity (Wildman–Crippen MR) is 80.9 cm³/mol. The first-order valence-corrected chi connectivity index (χ1v) is 8.28. The van der Waals surface area contributed by atoms with Crippen molar-refractivity contribution in [2.75, 3.05) is 20.1 Å². The molecule has 2 aliphatic carbocycles. The number of carbonyl (C=O) groups is 1. The van der Waals surface area contributed by atoms with Crippen molar-refractivity contribution in [2.45, 2.75) is 69.9 Å². The van der Waals surface area contributed by atoms with Gasteiger partial charge in [-0.1, -0.05) is 19.8 Å². The lowest BCUT2D eigenvalue weighted by molar-refractivity contribution is -0.147. The Morgan fingerprint density at radius 1 is 1.35 bits per heavy atom. The van der Waals surface area contributed by atoms with Crippen LogP contribution in [0.1, 0.15) is 58.3 Å². The van der Waals surface area contributed by atoms with E-state index in [1.54, 1.807) is 0 Å². The number of unbranched alkanes of at least 4 members (excludes halogenated alkanes) is 1. The van der Waals surface area contributed by atoms with Gasteiger partial charge in [0.2, 0.25) is 0 Å². The van der Waals surface area contributed by atoms with Crippen molar-refractivity contribution in [3.63, 3.8) is 0 Å². The summed E-state index contributed by atoms with van der Waals surface area (Å²) in [5.74, 6) is -0.326. The van der Waals surface area contributed by atoms with Crippen LogP contribution in [0.4, 0.5) is 0 Å². The standard InChI is InChI=1S/C16H30N2O2/c1-3-4-11-18(2)12-9-13-6-5-10-16(13,15(19)20)17-14-7-8-14/h13-14,17H,3-12H2,1-2H3,(H,19,20). The largest absolute Gasteiger partial charge is 0.480 e. The molecule has 0 aromatic rings. The third-order valence-electron chi connectivity index (χ3n) is 4.99. The maximum atomic E-state index is 11.8. The van der Waals surface area contributed by atoms with Crippen LogP contribution in [0, 0.1) is 5.92 Å². The summed E-state index contributed by atoms with van der Waals surface area (Å²) in [5, 5.41) is 13.2. The van der Waals surface area contributed by atoms with E-state index in [0.29, 0.717) is 12.0 Å². The minimum atomic E-state index is -0.632. The van der Waals surface area contributed by atoms with Crippen LogP contribution in [0.2, 0.25) is 0 Å². The van der Waals surface area contributed by atoms with Crippen molar-refractivity contribution < 1.29 is 9.90 Å². The smallest absolute Gasteiger partial charge is 0.324 e. The van der Waals surface area contributed by atoms with Crippen molar-refractivity contribution in [3.8, 4) is 0 Å². The molecule has 0 spiro atoms. The number of nitrogens with one attached hydrogen (secondary N) is 1. The van der Waals surface area contributed by atoms with Crippen molar-refractivity contribution in [2.24, 2.45) is 5.92 Å². The molecule has 20 heavy (non-hydrogen) atoms. The molecule has 4 heteroatoms. The molecular weight excluding hydrogens is 252 g/mol. The molecule has 2 saturated carbocycles. The number of aliphatic carboxylic acids is 1. The molecule has 2 rings (SSSR count). The zero-order valence-electron chi connectivity index (χ0n) is 13.0. The summed E-state index contributed by atoms with van der Waals surface area (Å²) >= 11 is 0. The van der Waals surface area contributed by atoms with E-state index >= 15 is 0 Å². The van der Waals surface area contributed by atoms with E-state index in [1.165, 1.54) is 12.8 Å². The van der Waals surface area contributed by atoms with Gasteiger partial charge in [-0.2, -0.15) is 0 Å². The Balaban J connectivity index is 1.89. The maximum absolute atomic E-state index is 11.8. The molecule has 2 fully saturated rings. The van der Waals surface area contributed by atoms with Gasteiger partial charge in [0.1, 0.15) is 5.54 Å². The number of carboxylic acid groups (broad SMARTS) is 1. The normalized spacial score (nSPS) is 30.1. The lowest BCUT2D eigenvalue weighted by atomic mass is 9.84. The third-order valence-corrected chi connectivity index (χ3v) is 4.99. The van der Waals surface area contributed by atoms with E-state index in [2.05, 4.69) is 24.2 Å². The number of hydrogen-bond acceptors (Lipinski definition) is 3. The highest BCUT2D eigenvalue weighted by atomic mass is 16.4. The zero-order chi connectivity index (χ0) is 14.6. The van der Waals surface area contributed by atoms with Crippen molar-refractivity contribution in [1.29, 1.82) is 0 Å². The molecule has 0 radical (unpaired) electrons. The Bertz CT molecular complexity index is 330. The summed E-state index contributed by atoms with van der Waals surface area (Å²) in [6.45, 7) is 4.35. The van der Waals surface area contributed by atoms with Crippen LogP contribution < -0.4 is 5.32 Å². The molecule has 0 heterocycles. The van der Waals surface area contributed by atoms with Crippen LogP contribution in [0.25, 0.3) is 0 Å². The van der Waals surface area contributed by atoms with E-state index in [-0.39, 0.29) is 0 Å². The molecule has 0 aromatic carbocycles. The molecule has 0 bridgehead atoms. The summed E-state index contributed by atoms with van der Waals surface area (Å²) < 4.78 is 0. The van der Waals surface area contributed by atoms with Gasteiger partial charge < -0.3 is 10.0 Å². The number of rotatable bonds is 9. The van der Waals surface area contributed by atoms with Gasteiger partial charge in [-0.3, -0.25) is 10.1 Å². The van der Waals surface area contributed by atoms with E-state index in [4.69, 9.17) is 0 Å². The first kappa shape index (κ1) is 15.8. The Kier molecular flexibility index (Phi) is 5.44. The summed E-state index contributed by atoms with van der Waals surface area (Å²) in [6, 6.07) is 0.463. The lowest BCUT2D eigenvalue weighted by Gasteiger charge is -2.33. The highest BCUT2D eigenvalue weighted by molar-refractivity contribution is 5.80. The molecule has 2 atom stereocenters. The van der Waals surface area contributed by atoms with Crippen LogP contribution in [0.15, 0.2) is 0 Å². The summed E-state index contributed by atoms with van der Waals surface area (Å²) in [6.07, 6.45) is 8.68. The number of hydrogen-bond donors (Lipinski definition) is 2. The summed E-state index contributed by atoms with van der Waals surface area (Å²) in [7, 11) is 2.15. The van der Waals surface area contributed by atoms with Crippen LogP contribution in [0.5, 0.6) is 0 Å². The molecule has 0 saturated heterocycles. The summed E-state index contributed by atoms with van der Waals surface area (Å²) in [5.41, 5.74) is -0.632. The highest BCUT2D eigenvalue weighted by Gasteiger charge is 2.50. The molecule has 116 valence electrons. The lowest BCUT2D eigenvalue weighted by Crippen LogP contribution is -2.56. The SMILES string of the molecule is CCCCN(C)CCC1CCCC1(NC1CC1)C(=O)O. The van der Waals surface area contributed by atoms with Gasteiger partial charge in [-0.25, -0.2) is 0 Å². The maximum Gasteiger partial charge on any atom is 0.324 e. The van der Waals surface area contributed by atoms with Gasteiger partial charge >= 0.3 is 5.97 Å². The average molecular weight is 282 g/mol. The average Bonchev–Trinajstić information content (AvgIpc) is 3.12. The van der Waals surface area contributed by atoms with Gasteiger partial charge in [-0.15, -0.1) is 0 Å². The minimum Gasteiger partial charge on any atom is -0.480 e. The van der Waals surface area contributed by atoms with Crippen LogP contribution in [-0.4, -0.2) is 47.7 Å². The Morgan fingerprint density at radius 2 is 2.10 bits per heavy atom. The van der Waals surface area contributed by atoms with Crippen molar-refractivity contribution >= 4 is 5.97 Å². The van der Waals surface area contributed by atoms with Gasteiger partial charge in [0.05, 0.1) is 0 Å². The molecule has 2 aliphatic rings. The third kappa shape index (κ3) is 3.73. The molecule has 4 nitrogen and oxygen atoms in total. The second-order valence-electron chi connectivity index (χ2n) is 6.73. The van der Waals surface area contributed by atoms with Crippen molar-refractivity contribution in [3.05, 3.63) is 0 Å². The van der Waals surface area contributed by atoms with E-state index in [1.807, 2.05) is 0 Å². The molecular formula is C16H30N2O2. The number of nitrogens with zero attached hydrogens (tertiary/aromatic N) is 1. The monoisotopic (exact) mass is 282 g/mol. The Morgan fingerprint density at radius 3 is 2.70 bits per heavy atom. The topological polar surface area (TPSA) is 52.6 Å². The number of carboxylic acids is 1. The molecule has 0 aromatic heterocycles. The zero-order valence-corrected chi connectivity index (χ0v) is 13.0. The fraction of sp³-hybridized carbons (Fsp3) is 0.938. The van der Waals surface area contributed by atoms with Gasteiger partial charge in [0, 0.05) is 6.04 Å².